The van der Waals surface area contributed by atoms with Gasteiger partial charge in [0.2, 0.25) is 0 Å². The third-order valence-electron chi connectivity index (χ3n) is 4.06. The zero-order valence-electron chi connectivity index (χ0n) is 14.4. The lowest BCUT2D eigenvalue weighted by molar-refractivity contribution is 0.108. The van der Waals surface area contributed by atoms with Gasteiger partial charge in [0.25, 0.3) is 0 Å². The molecule has 0 aliphatic heterocycles. The number of carbonyl (C=O) groups excluding carboxylic acids is 1. The van der Waals surface area contributed by atoms with Gasteiger partial charge in [-0.05, 0) is 55.4 Å². The van der Waals surface area contributed by atoms with Crippen LogP contribution in [0.4, 0.5) is 0 Å². The first kappa shape index (κ1) is 18.2. The molecule has 1 unspecified atom stereocenters. The molecule has 1 atom stereocenters. The second-order valence-electron chi connectivity index (χ2n) is 6.54. The number of hydrogen-bond donors (Lipinski definition) is 0. The zero-order valence-corrected chi connectivity index (χ0v) is 16.2. The van der Waals surface area contributed by atoms with Gasteiger partial charge in [0, 0.05) is 5.56 Å². The molecule has 1 nitrogen and oxygen atoms in total. The molecule has 0 heterocycles. The van der Waals surface area contributed by atoms with Crippen molar-refractivity contribution in [1.29, 1.82) is 0 Å². The van der Waals surface area contributed by atoms with Crippen molar-refractivity contribution in [1.82, 2.24) is 0 Å². The summed E-state index contributed by atoms with van der Waals surface area (Å²) < 4.78 is 0. The summed E-state index contributed by atoms with van der Waals surface area (Å²) in [5.41, 5.74) is 4.26. The van der Waals surface area contributed by atoms with Gasteiger partial charge in [0.05, 0.1) is 5.02 Å². The Balaban J connectivity index is 2.42. The standard InChI is InChI=1S/C20H24ClOP/c1-12(2)15-9-10-16(13(3)4)18(11-15)23-20(22)19-14(5)7-6-8-17(19)21/h6-13,23H,1-5H3. The summed E-state index contributed by atoms with van der Waals surface area (Å²) in [6, 6.07) is 12.2. The van der Waals surface area contributed by atoms with Gasteiger partial charge >= 0.3 is 0 Å². The average molecular weight is 347 g/mol. The second-order valence-corrected chi connectivity index (χ2v) is 8.19. The number of benzene rings is 2. The van der Waals surface area contributed by atoms with E-state index in [1.54, 1.807) is 6.07 Å². The lowest BCUT2D eigenvalue weighted by Gasteiger charge is -2.16. The molecule has 2 aromatic carbocycles. The van der Waals surface area contributed by atoms with Gasteiger partial charge in [-0.15, -0.1) is 0 Å². The first-order chi connectivity index (χ1) is 10.8. The Kier molecular flexibility index (Phi) is 6.00. The van der Waals surface area contributed by atoms with Crippen LogP contribution in [0.2, 0.25) is 5.02 Å². The normalized spacial score (nSPS) is 11.8. The third kappa shape index (κ3) is 4.22. The van der Waals surface area contributed by atoms with Crippen molar-refractivity contribution < 1.29 is 4.79 Å². The largest absolute Gasteiger partial charge is 0.289 e. The highest BCUT2D eigenvalue weighted by atomic mass is 35.5. The second kappa shape index (κ2) is 7.60. The monoisotopic (exact) mass is 346 g/mol. The highest BCUT2D eigenvalue weighted by Crippen LogP contribution is 2.30. The van der Waals surface area contributed by atoms with E-state index in [4.69, 9.17) is 11.6 Å². The Bertz CT molecular complexity index is 699. The van der Waals surface area contributed by atoms with Gasteiger partial charge in [-0.3, -0.25) is 4.79 Å². The Labute approximate surface area is 146 Å². The first-order valence-corrected chi connectivity index (χ1v) is 9.39. The maximum Gasteiger partial charge on any atom is 0.187 e. The summed E-state index contributed by atoms with van der Waals surface area (Å²) in [7, 11) is 0.106. The van der Waals surface area contributed by atoms with Crippen molar-refractivity contribution in [2.75, 3.05) is 0 Å². The molecule has 0 fully saturated rings. The van der Waals surface area contributed by atoms with E-state index in [9.17, 15) is 4.79 Å². The molecular formula is C20H24ClOP. The minimum atomic E-state index is 0.106. The van der Waals surface area contributed by atoms with E-state index in [0.29, 0.717) is 22.4 Å². The molecular weight excluding hydrogens is 323 g/mol. The smallest absolute Gasteiger partial charge is 0.187 e. The van der Waals surface area contributed by atoms with Gasteiger partial charge < -0.3 is 0 Å². The molecule has 0 radical (unpaired) electrons. The molecule has 0 aromatic heterocycles. The molecule has 0 spiro atoms. The number of rotatable bonds is 5. The van der Waals surface area contributed by atoms with Crippen molar-refractivity contribution in [2.45, 2.75) is 46.5 Å². The van der Waals surface area contributed by atoms with Gasteiger partial charge in [-0.25, -0.2) is 0 Å². The van der Waals surface area contributed by atoms with Gasteiger partial charge in [-0.2, -0.15) is 0 Å². The molecule has 2 rings (SSSR count). The van der Waals surface area contributed by atoms with Crippen LogP contribution in [0.1, 0.15) is 66.6 Å². The summed E-state index contributed by atoms with van der Waals surface area (Å²) in [4.78, 5) is 12.8. The molecule has 3 heteroatoms. The van der Waals surface area contributed by atoms with Gasteiger partial charge in [0.15, 0.2) is 5.52 Å². The Hall–Kier alpha value is -1.17. The molecule has 0 saturated carbocycles. The van der Waals surface area contributed by atoms with E-state index in [-0.39, 0.29) is 14.1 Å². The summed E-state index contributed by atoms with van der Waals surface area (Å²) in [5, 5.41) is 1.70. The van der Waals surface area contributed by atoms with Gasteiger partial charge in [-0.1, -0.05) is 69.6 Å². The topological polar surface area (TPSA) is 17.1 Å². The maximum absolute atomic E-state index is 12.8. The number of aryl methyl sites for hydroxylation is 1. The molecule has 122 valence electrons. The molecule has 0 amide bonds. The zero-order chi connectivity index (χ0) is 17.1. The van der Waals surface area contributed by atoms with Crippen LogP contribution in [0.25, 0.3) is 0 Å². The van der Waals surface area contributed by atoms with E-state index in [1.807, 2.05) is 19.1 Å². The van der Waals surface area contributed by atoms with E-state index in [2.05, 4.69) is 45.9 Å². The highest BCUT2D eigenvalue weighted by molar-refractivity contribution is 7.66. The molecule has 0 N–H and O–H groups in total. The summed E-state index contributed by atoms with van der Waals surface area (Å²) in [5.74, 6) is 0.857. The van der Waals surface area contributed by atoms with Crippen LogP contribution < -0.4 is 5.30 Å². The van der Waals surface area contributed by atoms with E-state index in [1.165, 1.54) is 11.1 Å². The lowest BCUT2D eigenvalue weighted by atomic mass is 9.97. The van der Waals surface area contributed by atoms with Crippen LogP contribution in [0, 0.1) is 6.92 Å². The van der Waals surface area contributed by atoms with Gasteiger partial charge in [0.1, 0.15) is 0 Å². The number of carbonyl (C=O) groups is 1. The van der Waals surface area contributed by atoms with Crippen molar-refractivity contribution >= 4 is 31.0 Å². The summed E-state index contributed by atoms with van der Waals surface area (Å²) >= 11 is 6.26. The molecule has 0 aliphatic carbocycles. The van der Waals surface area contributed by atoms with E-state index < -0.39 is 0 Å². The predicted octanol–water partition coefficient (Wildman–Crippen LogP) is 6.04. The Morgan fingerprint density at radius 2 is 1.74 bits per heavy atom. The summed E-state index contributed by atoms with van der Waals surface area (Å²) in [6.45, 7) is 10.6. The van der Waals surface area contributed by atoms with Crippen LogP contribution in [0.5, 0.6) is 0 Å². The van der Waals surface area contributed by atoms with Crippen LogP contribution in [0.3, 0.4) is 0 Å². The fourth-order valence-corrected chi connectivity index (χ4v) is 4.49. The SMILES string of the molecule is Cc1cccc(Cl)c1C(=O)Pc1cc(C(C)C)ccc1C(C)C. The van der Waals surface area contributed by atoms with Crippen LogP contribution in [-0.4, -0.2) is 5.52 Å². The number of hydrogen-bond acceptors (Lipinski definition) is 1. The quantitative estimate of drug-likeness (QED) is 0.603. The predicted molar refractivity (Wildman–Crippen MR) is 103 cm³/mol. The third-order valence-corrected chi connectivity index (χ3v) is 5.56. The van der Waals surface area contributed by atoms with Crippen molar-refractivity contribution in [3.63, 3.8) is 0 Å². The Morgan fingerprint density at radius 1 is 1.04 bits per heavy atom. The van der Waals surface area contributed by atoms with Crippen molar-refractivity contribution in [3.8, 4) is 0 Å². The lowest BCUT2D eigenvalue weighted by Crippen LogP contribution is -2.11. The van der Waals surface area contributed by atoms with Crippen molar-refractivity contribution in [3.05, 3.63) is 63.7 Å². The Morgan fingerprint density at radius 3 is 2.30 bits per heavy atom. The number of halogens is 1. The average Bonchev–Trinajstić information content (AvgIpc) is 2.46. The van der Waals surface area contributed by atoms with Crippen molar-refractivity contribution in [2.24, 2.45) is 0 Å². The van der Waals surface area contributed by atoms with Crippen LogP contribution >= 0.6 is 20.2 Å². The molecule has 0 bridgehead atoms. The van der Waals surface area contributed by atoms with Crippen LogP contribution in [0.15, 0.2) is 36.4 Å². The maximum atomic E-state index is 12.8. The fourth-order valence-electron chi connectivity index (χ4n) is 2.65. The van der Waals surface area contributed by atoms with E-state index in [0.717, 1.165) is 10.9 Å². The molecule has 0 saturated heterocycles. The first-order valence-electron chi connectivity index (χ1n) is 8.01. The molecule has 23 heavy (non-hydrogen) atoms. The highest BCUT2D eigenvalue weighted by Gasteiger charge is 2.17. The molecule has 2 aromatic rings. The fraction of sp³-hybridized carbons (Fsp3) is 0.350. The minimum absolute atomic E-state index is 0.106. The van der Waals surface area contributed by atoms with E-state index >= 15 is 0 Å². The van der Waals surface area contributed by atoms with Crippen LogP contribution in [-0.2, 0) is 0 Å². The molecule has 0 aliphatic rings. The summed E-state index contributed by atoms with van der Waals surface area (Å²) in [6.07, 6.45) is 0. The minimum Gasteiger partial charge on any atom is -0.289 e.